The van der Waals surface area contributed by atoms with E-state index in [1.54, 1.807) is 18.2 Å². The van der Waals surface area contributed by atoms with Crippen molar-refractivity contribution in [1.82, 2.24) is 10.0 Å². The van der Waals surface area contributed by atoms with Gasteiger partial charge in [-0.3, -0.25) is 19.3 Å². The van der Waals surface area contributed by atoms with Crippen molar-refractivity contribution in [2.45, 2.75) is 23.8 Å². The van der Waals surface area contributed by atoms with Crippen LogP contribution in [-0.4, -0.2) is 58.5 Å². The number of nitrogens with zero attached hydrogens (tertiary/aromatic N) is 1. The molecule has 0 spiro atoms. The Morgan fingerprint density at radius 3 is 2.92 bits per heavy atom. The number of nitrogens with one attached hydrogen (secondary N) is 2. The fraction of sp³-hybridized carbons (Fsp3) is 0.438. The minimum atomic E-state index is -3.65. The first kappa shape index (κ1) is 18.3. The molecule has 1 saturated heterocycles. The predicted molar refractivity (Wildman–Crippen MR) is 91.1 cm³/mol. The number of sulfonamides is 1. The van der Waals surface area contributed by atoms with Crippen LogP contribution >= 0.6 is 0 Å². The summed E-state index contributed by atoms with van der Waals surface area (Å²) in [6.45, 7) is 0.268. The van der Waals surface area contributed by atoms with E-state index in [0.29, 0.717) is 18.7 Å². The van der Waals surface area contributed by atoms with Gasteiger partial charge in [0.15, 0.2) is 6.61 Å². The molecule has 26 heavy (non-hydrogen) atoms. The van der Waals surface area contributed by atoms with Crippen molar-refractivity contribution >= 4 is 27.7 Å². The Morgan fingerprint density at radius 1 is 1.35 bits per heavy atom. The van der Waals surface area contributed by atoms with Crippen LogP contribution in [0.4, 0.5) is 0 Å². The second-order valence-electron chi connectivity index (χ2n) is 5.87. The molecule has 9 nitrogen and oxygen atoms in total. The van der Waals surface area contributed by atoms with Gasteiger partial charge in [0, 0.05) is 18.7 Å². The highest BCUT2D eigenvalue weighted by molar-refractivity contribution is 7.90. The summed E-state index contributed by atoms with van der Waals surface area (Å²) in [7, 11) is -3.65. The normalized spacial score (nSPS) is 21.8. The first-order chi connectivity index (χ1) is 12.5. The molecule has 3 rings (SSSR count). The molecule has 140 valence electrons. The average Bonchev–Trinajstić information content (AvgIpc) is 3.23. The van der Waals surface area contributed by atoms with Crippen molar-refractivity contribution in [2.24, 2.45) is 4.99 Å². The highest BCUT2D eigenvalue weighted by Gasteiger charge is 2.30. The van der Waals surface area contributed by atoms with E-state index < -0.39 is 35.1 Å². The molecular formula is C16H19N3O6S. The topological polar surface area (TPSA) is 123 Å². The number of carbonyl (C=O) groups excluding carboxylic acids is 2. The second kappa shape index (κ2) is 7.83. The fourth-order valence-electron chi connectivity index (χ4n) is 2.67. The lowest BCUT2D eigenvalue weighted by atomic mass is 10.2. The molecule has 0 aliphatic carbocycles. The van der Waals surface area contributed by atoms with Crippen LogP contribution < -0.4 is 10.0 Å². The van der Waals surface area contributed by atoms with Crippen LogP contribution in [0.5, 0.6) is 0 Å². The molecule has 0 aromatic heterocycles. The molecule has 0 unspecified atom stereocenters. The molecular weight excluding hydrogens is 362 g/mol. The summed E-state index contributed by atoms with van der Waals surface area (Å²) >= 11 is 0. The highest BCUT2D eigenvalue weighted by atomic mass is 32.2. The summed E-state index contributed by atoms with van der Waals surface area (Å²) in [5.74, 6) is -1.07. The largest absolute Gasteiger partial charge is 0.454 e. The Bertz CT molecular complexity index is 830. The number of hydrogen-bond acceptors (Lipinski definition) is 7. The van der Waals surface area contributed by atoms with E-state index in [-0.39, 0.29) is 16.8 Å². The van der Waals surface area contributed by atoms with Crippen LogP contribution in [0, 0.1) is 0 Å². The molecule has 0 saturated carbocycles. The van der Waals surface area contributed by atoms with E-state index in [0.717, 1.165) is 12.8 Å². The molecule has 1 atom stereocenters. The maximum absolute atomic E-state index is 11.9. The van der Waals surface area contributed by atoms with Crippen molar-refractivity contribution in [2.75, 3.05) is 26.3 Å². The van der Waals surface area contributed by atoms with Gasteiger partial charge >= 0.3 is 5.97 Å². The third-order valence-electron chi connectivity index (χ3n) is 3.94. The zero-order valence-corrected chi connectivity index (χ0v) is 14.8. The van der Waals surface area contributed by atoms with E-state index in [2.05, 4.69) is 15.0 Å². The number of amidine groups is 1. The maximum atomic E-state index is 11.9. The van der Waals surface area contributed by atoms with Crippen molar-refractivity contribution in [3.8, 4) is 0 Å². The van der Waals surface area contributed by atoms with Gasteiger partial charge in [0.25, 0.3) is 15.9 Å². The lowest BCUT2D eigenvalue weighted by Gasteiger charge is -2.10. The zero-order chi connectivity index (χ0) is 18.6. The van der Waals surface area contributed by atoms with E-state index in [4.69, 9.17) is 9.47 Å². The minimum Gasteiger partial charge on any atom is -0.454 e. The van der Waals surface area contributed by atoms with Crippen molar-refractivity contribution < 1.29 is 27.5 Å². The lowest BCUT2D eigenvalue weighted by molar-refractivity contribution is -0.147. The Morgan fingerprint density at radius 2 is 2.15 bits per heavy atom. The van der Waals surface area contributed by atoms with Gasteiger partial charge < -0.3 is 14.8 Å². The first-order valence-corrected chi connectivity index (χ1v) is 9.64. The predicted octanol–water partition coefficient (Wildman–Crippen LogP) is -0.436. The second-order valence-corrected chi connectivity index (χ2v) is 7.52. The third-order valence-corrected chi connectivity index (χ3v) is 5.34. The van der Waals surface area contributed by atoms with Crippen LogP contribution in [-0.2, 0) is 29.1 Å². The standard InChI is InChI=1S/C16H19N3O6S/c20-14(17-8-11-4-3-7-24-11)10-25-15(21)9-18-16-12-5-1-2-6-13(12)26(22,23)19-16/h1-2,5-6,11H,3-4,7-10H2,(H,17,20)(H,18,19)/t11-/m0/s1. The number of esters is 1. The molecule has 0 radical (unpaired) electrons. The Hall–Kier alpha value is -2.46. The highest BCUT2D eigenvalue weighted by Crippen LogP contribution is 2.21. The number of amides is 1. The summed E-state index contributed by atoms with van der Waals surface area (Å²) in [5.41, 5.74) is 0.398. The van der Waals surface area contributed by atoms with Gasteiger partial charge in [0.05, 0.1) is 11.0 Å². The van der Waals surface area contributed by atoms with Crippen LogP contribution in [0.1, 0.15) is 18.4 Å². The SMILES string of the molecule is O=C(COC(=O)CN=C1NS(=O)(=O)c2ccccc21)NC[C@@H]1CCCO1. The minimum absolute atomic E-state index is 0.0107. The quantitative estimate of drug-likeness (QED) is 0.644. The van der Waals surface area contributed by atoms with Gasteiger partial charge in [-0.1, -0.05) is 12.1 Å². The first-order valence-electron chi connectivity index (χ1n) is 8.16. The fourth-order valence-corrected chi connectivity index (χ4v) is 3.92. The molecule has 2 heterocycles. The van der Waals surface area contributed by atoms with Crippen molar-refractivity contribution in [3.05, 3.63) is 29.8 Å². The molecule has 1 aromatic rings. The van der Waals surface area contributed by atoms with Gasteiger partial charge in [-0.2, -0.15) is 0 Å². The van der Waals surface area contributed by atoms with E-state index in [9.17, 15) is 18.0 Å². The molecule has 1 amide bonds. The number of fused-ring (bicyclic) bond motifs is 1. The van der Waals surface area contributed by atoms with Gasteiger partial charge in [-0.25, -0.2) is 8.42 Å². The summed E-state index contributed by atoms with van der Waals surface area (Å²) in [5, 5.41) is 2.63. The Balaban J connectivity index is 1.47. The molecule has 2 aliphatic rings. The lowest BCUT2D eigenvalue weighted by Crippen LogP contribution is -2.35. The summed E-state index contributed by atoms with van der Waals surface area (Å²) < 4.78 is 36.4. The van der Waals surface area contributed by atoms with E-state index >= 15 is 0 Å². The van der Waals surface area contributed by atoms with E-state index in [1.165, 1.54) is 6.07 Å². The zero-order valence-electron chi connectivity index (χ0n) is 13.9. The molecule has 1 fully saturated rings. The number of hydrogen-bond donors (Lipinski definition) is 2. The van der Waals surface area contributed by atoms with E-state index in [1.807, 2.05) is 0 Å². The number of carbonyl (C=O) groups is 2. The van der Waals surface area contributed by atoms with Gasteiger partial charge in [-0.05, 0) is 25.0 Å². The molecule has 1 aromatic carbocycles. The summed E-state index contributed by atoms with van der Waals surface area (Å²) in [6.07, 6.45) is 1.88. The van der Waals surface area contributed by atoms with Gasteiger partial charge in [0.1, 0.15) is 12.4 Å². The molecule has 0 bridgehead atoms. The van der Waals surface area contributed by atoms with Crippen LogP contribution in [0.25, 0.3) is 0 Å². The van der Waals surface area contributed by atoms with Crippen molar-refractivity contribution in [1.29, 1.82) is 0 Å². The Labute approximate surface area is 150 Å². The summed E-state index contributed by atoms with van der Waals surface area (Å²) in [6, 6.07) is 6.32. The van der Waals surface area contributed by atoms with Crippen LogP contribution in [0.3, 0.4) is 0 Å². The van der Waals surface area contributed by atoms with Gasteiger partial charge in [0.2, 0.25) is 0 Å². The number of rotatable bonds is 6. The molecule has 2 N–H and O–H groups in total. The van der Waals surface area contributed by atoms with Gasteiger partial charge in [-0.15, -0.1) is 0 Å². The monoisotopic (exact) mass is 381 g/mol. The number of aliphatic imine (C=N–C) groups is 1. The number of benzene rings is 1. The molecule has 10 heteroatoms. The van der Waals surface area contributed by atoms with Crippen molar-refractivity contribution in [3.63, 3.8) is 0 Å². The maximum Gasteiger partial charge on any atom is 0.328 e. The smallest absolute Gasteiger partial charge is 0.328 e. The molecule has 2 aliphatic heterocycles. The Kier molecular flexibility index (Phi) is 5.52. The number of ether oxygens (including phenoxy) is 2. The van der Waals surface area contributed by atoms with Crippen LogP contribution in [0.15, 0.2) is 34.2 Å². The summed E-state index contributed by atoms with van der Waals surface area (Å²) in [4.78, 5) is 27.4. The van der Waals surface area contributed by atoms with Crippen LogP contribution in [0.2, 0.25) is 0 Å². The third kappa shape index (κ3) is 4.38. The average molecular weight is 381 g/mol.